The highest BCUT2D eigenvalue weighted by Gasteiger charge is 2.31. The maximum absolute atomic E-state index is 13.0. The van der Waals surface area contributed by atoms with Gasteiger partial charge in [-0.2, -0.15) is 0 Å². The molecular weight excluding hydrogens is 448 g/mol. The second kappa shape index (κ2) is 11.2. The first-order valence-corrected chi connectivity index (χ1v) is 12.1. The number of hydrogen-bond donors (Lipinski definition) is 4. The van der Waals surface area contributed by atoms with Gasteiger partial charge in [-0.25, -0.2) is 0 Å². The molecule has 0 saturated carbocycles. The molecule has 0 radical (unpaired) electrons. The number of carbonyl (C=O) groups excluding carboxylic acids is 2. The first-order chi connectivity index (χ1) is 16.9. The van der Waals surface area contributed by atoms with E-state index in [2.05, 4.69) is 25.9 Å². The second-order valence-electron chi connectivity index (χ2n) is 9.16. The molecule has 10 heteroatoms. The lowest BCUT2D eigenvalue weighted by molar-refractivity contribution is -0.140. The zero-order chi connectivity index (χ0) is 24.8. The zero-order valence-electron chi connectivity index (χ0n) is 19.9. The van der Waals surface area contributed by atoms with E-state index in [0.717, 1.165) is 30.0 Å². The first kappa shape index (κ1) is 24.4. The minimum absolute atomic E-state index is 0.0564. The number of hydrogen-bond acceptors (Lipinski definition) is 7. The Hall–Kier alpha value is -3.69. The third-order valence-corrected chi connectivity index (χ3v) is 6.56. The average Bonchev–Trinajstić information content (AvgIpc) is 3.39. The molecule has 4 rings (SSSR count). The SMILES string of the molecule is CC(CNC1=NCCN1)C(=O)N1CCC(C(=O)N[C@@H](CC(=O)O)c2cnc3ccccc3c2)CC1. The van der Waals surface area contributed by atoms with Crippen LogP contribution in [0.4, 0.5) is 0 Å². The molecule has 1 fully saturated rings. The van der Waals surface area contributed by atoms with E-state index in [1.807, 2.05) is 42.2 Å². The molecule has 35 heavy (non-hydrogen) atoms. The van der Waals surface area contributed by atoms with Crippen LogP contribution < -0.4 is 16.0 Å². The number of benzene rings is 1. The Bertz CT molecular complexity index is 1110. The van der Waals surface area contributed by atoms with Gasteiger partial charge >= 0.3 is 5.97 Å². The van der Waals surface area contributed by atoms with Crippen molar-refractivity contribution in [1.29, 1.82) is 0 Å². The summed E-state index contributed by atoms with van der Waals surface area (Å²) in [6.07, 6.45) is 2.48. The summed E-state index contributed by atoms with van der Waals surface area (Å²) in [6.45, 7) is 4.94. The smallest absolute Gasteiger partial charge is 0.305 e. The number of guanidine groups is 1. The van der Waals surface area contributed by atoms with E-state index in [0.29, 0.717) is 38.0 Å². The molecule has 2 atom stereocenters. The summed E-state index contributed by atoms with van der Waals surface area (Å²) < 4.78 is 0. The second-order valence-corrected chi connectivity index (χ2v) is 9.16. The van der Waals surface area contributed by atoms with Crippen molar-refractivity contribution < 1.29 is 19.5 Å². The molecule has 1 saturated heterocycles. The summed E-state index contributed by atoms with van der Waals surface area (Å²) in [4.78, 5) is 47.8. The summed E-state index contributed by atoms with van der Waals surface area (Å²) in [7, 11) is 0. The van der Waals surface area contributed by atoms with Gasteiger partial charge in [-0.15, -0.1) is 0 Å². The summed E-state index contributed by atoms with van der Waals surface area (Å²) in [6, 6.07) is 8.78. The van der Waals surface area contributed by atoms with E-state index >= 15 is 0 Å². The topological polar surface area (TPSA) is 136 Å². The van der Waals surface area contributed by atoms with Crippen molar-refractivity contribution in [2.75, 3.05) is 32.7 Å². The predicted octanol–water partition coefficient (Wildman–Crippen LogP) is 1.29. The van der Waals surface area contributed by atoms with Crippen molar-refractivity contribution in [2.45, 2.75) is 32.2 Å². The molecule has 3 heterocycles. The van der Waals surface area contributed by atoms with Gasteiger partial charge in [-0.3, -0.25) is 24.4 Å². The van der Waals surface area contributed by atoms with Crippen LogP contribution in [0.15, 0.2) is 41.5 Å². The minimum Gasteiger partial charge on any atom is -0.481 e. The summed E-state index contributed by atoms with van der Waals surface area (Å²) in [5.41, 5.74) is 1.47. The van der Waals surface area contributed by atoms with Gasteiger partial charge in [0, 0.05) is 43.7 Å². The van der Waals surface area contributed by atoms with Crippen molar-refractivity contribution in [2.24, 2.45) is 16.8 Å². The van der Waals surface area contributed by atoms with Crippen molar-refractivity contribution >= 4 is 34.6 Å². The number of carbonyl (C=O) groups is 3. The van der Waals surface area contributed by atoms with Crippen LogP contribution in [0, 0.1) is 11.8 Å². The van der Waals surface area contributed by atoms with Crippen molar-refractivity contribution in [3.05, 3.63) is 42.1 Å². The zero-order valence-corrected chi connectivity index (χ0v) is 19.9. The van der Waals surface area contributed by atoms with Crippen molar-refractivity contribution in [3.63, 3.8) is 0 Å². The quantitative estimate of drug-likeness (QED) is 0.447. The van der Waals surface area contributed by atoms with E-state index in [9.17, 15) is 19.5 Å². The van der Waals surface area contributed by atoms with Gasteiger partial charge in [0.1, 0.15) is 0 Å². The Balaban J connectivity index is 1.32. The molecule has 2 aliphatic heterocycles. The number of aliphatic carboxylic acids is 1. The first-order valence-electron chi connectivity index (χ1n) is 12.1. The van der Waals surface area contributed by atoms with E-state index < -0.39 is 12.0 Å². The van der Waals surface area contributed by atoms with Gasteiger partial charge in [-0.05, 0) is 30.5 Å². The molecule has 1 unspecified atom stereocenters. The summed E-state index contributed by atoms with van der Waals surface area (Å²) in [5.74, 6) is -0.861. The summed E-state index contributed by atoms with van der Waals surface area (Å²) >= 11 is 0. The van der Waals surface area contributed by atoms with Gasteiger partial charge in [0.15, 0.2) is 5.96 Å². The number of pyridine rings is 1. The lowest BCUT2D eigenvalue weighted by atomic mass is 9.93. The number of piperidine rings is 1. The molecule has 0 aliphatic carbocycles. The van der Waals surface area contributed by atoms with Crippen LogP contribution >= 0.6 is 0 Å². The largest absolute Gasteiger partial charge is 0.481 e. The molecule has 0 spiro atoms. The van der Waals surface area contributed by atoms with E-state index in [1.54, 1.807) is 6.20 Å². The highest BCUT2D eigenvalue weighted by molar-refractivity contribution is 5.84. The minimum atomic E-state index is -0.995. The number of carboxylic acids is 1. The lowest BCUT2D eigenvalue weighted by Crippen LogP contribution is -2.47. The van der Waals surface area contributed by atoms with E-state index in [1.165, 1.54) is 0 Å². The lowest BCUT2D eigenvalue weighted by Gasteiger charge is -2.33. The number of aliphatic imine (C=N–C) groups is 1. The Morgan fingerprint density at radius 1 is 1.23 bits per heavy atom. The number of likely N-dealkylation sites (tertiary alicyclic amines) is 1. The van der Waals surface area contributed by atoms with Crippen LogP contribution in [0.3, 0.4) is 0 Å². The van der Waals surface area contributed by atoms with Crippen LogP contribution in [0.25, 0.3) is 10.9 Å². The van der Waals surface area contributed by atoms with Crippen molar-refractivity contribution in [3.8, 4) is 0 Å². The third-order valence-electron chi connectivity index (χ3n) is 6.56. The van der Waals surface area contributed by atoms with Gasteiger partial charge < -0.3 is 26.0 Å². The van der Waals surface area contributed by atoms with E-state index in [4.69, 9.17) is 0 Å². The predicted molar refractivity (Wildman–Crippen MR) is 132 cm³/mol. The summed E-state index contributed by atoms with van der Waals surface area (Å²) in [5, 5.41) is 19.5. The van der Waals surface area contributed by atoms with Gasteiger partial charge in [0.05, 0.1) is 30.4 Å². The number of amides is 2. The highest BCUT2D eigenvalue weighted by atomic mass is 16.4. The maximum atomic E-state index is 13.0. The number of carboxylic acid groups (broad SMARTS) is 1. The maximum Gasteiger partial charge on any atom is 0.305 e. The molecule has 1 aromatic heterocycles. The van der Waals surface area contributed by atoms with Crippen LogP contribution in [-0.4, -0.2) is 71.5 Å². The van der Waals surface area contributed by atoms with Crippen LogP contribution in [0.2, 0.25) is 0 Å². The van der Waals surface area contributed by atoms with Crippen LogP contribution in [0.5, 0.6) is 0 Å². The Labute approximate surface area is 204 Å². The van der Waals surface area contributed by atoms with Crippen LogP contribution in [0.1, 0.15) is 37.8 Å². The normalized spacial score (nSPS) is 17.9. The van der Waals surface area contributed by atoms with Gasteiger partial charge in [0.25, 0.3) is 0 Å². The number of fused-ring (bicyclic) bond motifs is 1. The molecule has 2 aromatic rings. The monoisotopic (exact) mass is 480 g/mol. The standard InChI is InChI=1S/C25H32N6O4/c1-16(14-29-25-26-8-9-27-25)24(35)31-10-6-17(7-11-31)23(34)30-21(13-22(32)33)19-12-18-4-2-3-5-20(18)28-15-19/h2-5,12,15-17,21H,6-11,13-14H2,1H3,(H,30,34)(H,32,33)(H2,26,27,29)/t16?,21-/m0/s1. The molecule has 10 nitrogen and oxygen atoms in total. The average molecular weight is 481 g/mol. The number of nitrogens with zero attached hydrogens (tertiary/aromatic N) is 3. The molecule has 4 N–H and O–H groups in total. The van der Waals surface area contributed by atoms with Gasteiger partial charge in [0.2, 0.25) is 11.8 Å². The molecule has 1 aromatic carbocycles. The fourth-order valence-corrected chi connectivity index (χ4v) is 4.52. The Morgan fingerprint density at radius 2 is 2.00 bits per heavy atom. The molecule has 0 bridgehead atoms. The fourth-order valence-electron chi connectivity index (χ4n) is 4.52. The molecule has 186 valence electrons. The Morgan fingerprint density at radius 3 is 2.71 bits per heavy atom. The molecule has 2 amide bonds. The fraction of sp³-hybridized carbons (Fsp3) is 0.480. The van der Waals surface area contributed by atoms with Crippen molar-refractivity contribution in [1.82, 2.24) is 25.8 Å². The van der Waals surface area contributed by atoms with Crippen LogP contribution in [-0.2, 0) is 14.4 Å². The molecular formula is C25H32N6O4. The van der Waals surface area contributed by atoms with E-state index in [-0.39, 0.29) is 30.1 Å². The highest BCUT2D eigenvalue weighted by Crippen LogP contribution is 2.24. The number of para-hydroxylation sites is 1. The number of nitrogens with one attached hydrogen (secondary N) is 3. The van der Waals surface area contributed by atoms with Gasteiger partial charge in [-0.1, -0.05) is 25.1 Å². The number of aromatic nitrogens is 1. The number of rotatable bonds is 8. The third kappa shape index (κ3) is 6.26. The molecule has 2 aliphatic rings. The Kier molecular flexibility index (Phi) is 7.79.